The van der Waals surface area contributed by atoms with Crippen molar-refractivity contribution in [2.45, 2.75) is 0 Å². The molecule has 0 saturated heterocycles. The SMILES string of the molecule is N#CC=Cc1ccc(F)nc1F. The zero-order valence-corrected chi connectivity index (χ0v) is 5.96. The van der Waals surface area contributed by atoms with Crippen molar-refractivity contribution < 1.29 is 8.78 Å². The molecule has 60 valence electrons. The monoisotopic (exact) mass is 166 g/mol. The Morgan fingerprint density at radius 2 is 2.17 bits per heavy atom. The van der Waals surface area contributed by atoms with Crippen molar-refractivity contribution in [2.24, 2.45) is 0 Å². The first-order chi connectivity index (χ1) is 5.74. The molecule has 1 aromatic heterocycles. The molecule has 0 bridgehead atoms. The van der Waals surface area contributed by atoms with Gasteiger partial charge in [0.05, 0.1) is 6.07 Å². The van der Waals surface area contributed by atoms with Crippen LogP contribution in [0.1, 0.15) is 5.56 Å². The molecule has 0 spiro atoms. The summed E-state index contributed by atoms with van der Waals surface area (Å²) in [5.41, 5.74) is 0.0953. The number of aromatic nitrogens is 1. The van der Waals surface area contributed by atoms with Crippen LogP contribution in [0.5, 0.6) is 0 Å². The van der Waals surface area contributed by atoms with Crippen molar-refractivity contribution in [3.05, 3.63) is 35.7 Å². The first kappa shape index (κ1) is 8.34. The topological polar surface area (TPSA) is 36.7 Å². The van der Waals surface area contributed by atoms with Crippen LogP contribution in [0, 0.1) is 23.2 Å². The summed E-state index contributed by atoms with van der Waals surface area (Å²) in [6.45, 7) is 0. The molecule has 0 fully saturated rings. The predicted octanol–water partition coefficient (Wildman–Crippen LogP) is 1.90. The number of rotatable bonds is 1. The standard InChI is InChI=1S/C8H4F2N2/c9-7-4-3-6(2-1-5-11)8(10)12-7/h1-4H. The van der Waals surface area contributed by atoms with Crippen LogP contribution in [0.25, 0.3) is 6.08 Å². The number of hydrogen-bond donors (Lipinski definition) is 0. The third-order valence-corrected chi connectivity index (χ3v) is 1.18. The molecule has 1 aromatic rings. The zero-order chi connectivity index (χ0) is 8.97. The van der Waals surface area contributed by atoms with Gasteiger partial charge in [-0.25, -0.2) is 0 Å². The van der Waals surface area contributed by atoms with E-state index in [4.69, 9.17) is 5.26 Å². The van der Waals surface area contributed by atoms with Gasteiger partial charge in [-0.05, 0) is 18.2 Å². The first-order valence-electron chi connectivity index (χ1n) is 3.12. The molecule has 0 aliphatic carbocycles. The molecule has 0 unspecified atom stereocenters. The summed E-state index contributed by atoms with van der Waals surface area (Å²) < 4.78 is 24.9. The molecular weight excluding hydrogens is 162 g/mol. The molecule has 0 radical (unpaired) electrons. The molecule has 0 aliphatic heterocycles. The minimum absolute atomic E-state index is 0.0953. The molecular formula is C8H4F2N2. The molecule has 0 N–H and O–H groups in total. The molecule has 0 aliphatic rings. The maximum absolute atomic E-state index is 12.7. The molecule has 1 heterocycles. The Balaban J connectivity index is 3.03. The fourth-order valence-corrected chi connectivity index (χ4v) is 0.674. The van der Waals surface area contributed by atoms with Crippen molar-refractivity contribution in [3.8, 4) is 6.07 Å². The van der Waals surface area contributed by atoms with Crippen LogP contribution in [-0.2, 0) is 0 Å². The second-order valence-electron chi connectivity index (χ2n) is 1.98. The van der Waals surface area contributed by atoms with Gasteiger partial charge < -0.3 is 0 Å². The lowest BCUT2D eigenvalue weighted by Gasteiger charge is -1.93. The van der Waals surface area contributed by atoms with Gasteiger partial charge in [0.25, 0.3) is 0 Å². The quantitative estimate of drug-likeness (QED) is 0.472. The Labute approximate surface area is 67.8 Å². The molecule has 0 saturated carbocycles. The average Bonchev–Trinajstić information content (AvgIpc) is 2.03. The number of nitrogens with zero attached hydrogens (tertiary/aromatic N) is 2. The first-order valence-corrected chi connectivity index (χ1v) is 3.12. The Hall–Kier alpha value is -1.76. The van der Waals surface area contributed by atoms with Crippen molar-refractivity contribution >= 4 is 6.08 Å². The molecule has 1 rings (SSSR count). The van der Waals surface area contributed by atoms with Gasteiger partial charge >= 0.3 is 0 Å². The van der Waals surface area contributed by atoms with E-state index in [1.165, 1.54) is 12.1 Å². The van der Waals surface area contributed by atoms with E-state index in [-0.39, 0.29) is 5.56 Å². The maximum atomic E-state index is 12.7. The van der Waals surface area contributed by atoms with E-state index in [9.17, 15) is 8.78 Å². The van der Waals surface area contributed by atoms with Crippen molar-refractivity contribution in [1.29, 1.82) is 5.26 Å². The number of allylic oxidation sites excluding steroid dienone is 1. The summed E-state index contributed by atoms with van der Waals surface area (Å²) in [5.74, 6) is -1.79. The van der Waals surface area contributed by atoms with Crippen molar-refractivity contribution in [2.75, 3.05) is 0 Å². The Kier molecular flexibility index (Phi) is 2.49. The van der Waals surface area contributed by atoms with Crippen LogP contribution < -0.4 is 0 Å². The van der Waals surface area contributed by atoms with E-state index in [0.29, 0.717) is 0 Å². The van der Waals surface area contributed by atoms with E-state index in [0.717, 1.165) is 12.1 Å². The van der Waals surface area contributed by atoms with E-state index in [1.54, 1.807) is 6.07 Å². The van der Waals surface area contributed by atoms with Crippen LogP contribution in [0.2, 0.25) is 0 Å². The number of nitriles is 1. The lowest BCUT2D eigenvalue weighted by molar-refractivity contribution is 0.511. The summed E-state index contributed by atoms with van der Waals surface area (Å²) in [6.07, 6.45) is 2.32. The Morgan fingerprint density at radius 1 is 1.42 bits per heavy atom. The minimum Gasteiger partial charge on any atom is -0.193 e. The number of halogens is 2. The van der Waals surface area contributed by atoms with Crippen LogP contribution in [0.4, 0.5) is 8.78 Å². The summed E-state index contributed by atoms with van der Waals surface area (Å²) in [6, 6.07) is 3.93. The highest BCUT2D eigenvalue weighted by atomic mass is 19.1. The molecule has 4 heteroatoms. The van der Waals surface area contributed by atoms with Crippen LogP contribution in [0.3, 0.4) is 0 Å². The lowest BCUT2D eigenvalue weighted by atomic mass is 10.2. The van der Waals surface area contributed by atoms with Crippen LogP contribution in [0.15, 0.2) is 18.2 Å². The average molecular weight is 166 g/mol. The summed E-state index contributed by atoms with van der Waals surface area (Å²) in [5, 5.41) is 8.12. The Morgan fingerprint density at radius 3 is 2.75 bits per heavy atom. The highest BCUT2D eigenvalue weighted by molar-refractivity contribution is 5.50. The zero-order valence-electron chi connectivity index (χ0n) is 5.96. The van der Waals surface area contributed by atoms with Gasteiger partial charge in [-0.1, -0.05) is 0 Å². The van der Waals surface area contributed by atoms with Crippen LogP contribution >= 0.6 is 0 Å². The highest BCUT2D eigenvalue weighted by Gasteiger charge is 2.00. The third kappa shape index (κ3) is 1.86. The van der Waals surface area contributed by atoms with E-state index in [1.807, 2.05) is 0 Å². The van der Waals surface area contributed by atoms with Crippen molar-refractivity contribution in [1.82, 2.24) is 4.98 Å². The highest BCUT2D eigenvalue weighted by Crippen LogP contribution is 2.06. The van der Waals surface area contributed by atoms with E-state index in [2.05, 4.69) is 4.98 Å². The van der Waals surface area contributed by atoms with E-state index >= 15 is 0 Å². The smallest absolute Gasteiger partial charge is 0.193 e. The second-order valence-corrected chi connectivity index (χ2v) is 1.98. The normalized spacial score (nSPS) is 10.1. The maximum Gasteiger partial charge on any atom is 0.222 e. The molecule has 0 aromatic carbocycles. The number of hydrogen-bond acceptors (Lipinski definition) is 2. The molecule has 0 atom stereocenters. The van der Waals surface area contributed by atoms with Crippen molar-refractivity contribution in [3.63, 3.8) is 0 Å². The summed E-state index contributed by atoms with van der Waals surface area (Å²) >= 11 is 0. The lowest BCUT2D eigenvalue weighted by Crippen LogP contribution is -1.90. The van der Waals surface area contributed by atoms with Gasteiger partial charge in [0.1, 0.15) is 0 Å². The van der Waals surface area contributed by atoms with Gasteiger partial charge in [-0.15, -0.1) is 0 Å². The third-order valence-electron chi connectivity index (χ3n) is 1.18. The molecule has 0 amide bonds. The molecule has 12 heavy (non-hydrogen) atoms. The fraction of sp³-hybridized carbons (Fsp3) is 0. The molecule has 2 nitrogen and oxygen atoms in total. The predicted molar refractivity (Wildman–Crippen MR) is 38.8 cm³/mol. The van der Waals surface area contributed by atoms with Gasteiger partial charge in [0.2, 0.25) is 11.9 Å². The summed E-state index contributed by atoms with van der Waals surface area (Å²) in [4.78, 5) is 2.93. The van der Waals surface area contributed by atoms with Gasteiger partial charge in [-0.2, -0.15) is 19.0 Å². The number of pyridine rings is 1. The van der Waals surface area contributed by atoms with Gasteiger partial charge in [0, 0.05) is 11.6 Å². The Bertz CT molecular complexity index is 353. The van der Waals surface area contributed by atoms with E-state index < -0.39 is 11.9 Å². The van der Waals surface area contributed by atoms with Gasteiger partial charge in [-0.3, -0.25) is 0 Å². The van der Waals surface area contributed by atoms with Crippen LogP contribution in [-0.4, -0.2) is 4.98 Å². The second kappa shape index (κ2) is 3.58. The summed E-state index contributed by atoms with van der Waals surface area (Å²) in [7, 11) is 0. The van der Waals surface area contributed by atoms with Gasteiger partial charge in [0.15, 0.2) is 0 Å². The largest absolute Gasteiger partial charge is 0.222 e. The fourth-order valence-electron chi connectivity index (χ4n) is 0.674. The minimum atomic E-state index is -0.915.